The van der Waals surface area contributed by atoms with Crippen LogP contribution in [0.4, 0.5) is 0 Å². The lowest BCUT2D eigenvalue weighted by atomic mass is 10.1. The quantitative estimate of drug-likeness (QED) is 0.653. The average molecular weight is 324 g/mol. The first-order chi connectivity index (χ1) is 11.6. The standard InChI is InChI=1S/C20H20O4/c1-4-22-18-8-6-5-7-15(18)12-23-17-10-9-16-13(2)11-19(21)24-20(16)14(17)3/h5-11H,4,12H2,1-3H3. The molecule has 4 nitrogen and oxygen atoms in total. The molecule has 0 spiro atoms. The summed E-state index contributed by atoms with van der Waals surface area (Å²) < 4.78 is 16.9. The van der Waals surface area contributed by atoms with E-state index < -0.39 is 0 Å². The Bertz CT molecular complexity index is 925. The van der Waals surface area contributed by atoms with Gasteiger partial charge in [0.15, 0.2) is 0 Å². The van der Waals surface area contributed by atoms with Gasteiger partial charge in [0.05, 0.1) is 6.61 Å². The van der Waals surface area contributed by atoms with Crippen LogP contribution >= 0.6 is 0 Å². The molecule has 0 aliphatic heterocycles. The molecule has 0 unspecified atom stereocenters. The monoisotopic (exact) mass is 324 g/mol. The second kappa shape index (κ2) is 6.79. The van der Waals surface area contributed by atoms with Gasteiger partial charge in [-0.25, -0.2) is 4.79 Å². The van der Waals surface area contributed by atoms with Gasteiger partial charge in [-0.05, 0) is 44.5 Å². The van der Waals surface area contributed by atoms with Crippen molar-refractivity contribution < 1.29 is 13.9 Å². The van der Waals surface area contributed by atoms with Crippen molar-refractivity contribution in [3.05, 3.63) is 69.6 Å². The van der Waals surface area contributed by atoms with Crippen LogP contribution in [0.1, 0.15) is 23.6 Å². The molecule has 0 amide bonds. The van der Waals surface area contributed by atoms with Gasteiger partial charge >= 0.3 is 5.63 Å². The molecular weight excluding hydrogens is 304 g/mol. The van der Waals surface area contributed by atoms with Crippen LogP contribution in [0.5, 0.6) is 11.5 Å². The first-order valence-corrected chi connectivity index (χ1v) is 7.97. The highest BCUT2D eigenvalue weighted by Crippen LogP contribution is 2.29. The van der Waals surface area contributed by atoms with Gasteiger partial charge in [-0.1, -0.05) is 18.2 Å². The topological polar surface area (TPSA) is 48.7 Å². The number of para-hydroxylation sites is 1. The summed E-state index contributed by atoms with van der Waals surface area (Å²) in [5.41, 5.74) is 2.93. The smallest absolute Gasteiger partial charge is 0.336 e. The van der Waals surface area contributed by atoms with E-state index in [4.69, 9.17) is 13.9 Å². The summed E-state index contributed by atoms with van der Waals surface area (Å²) in [6.07, 6.45) is 0. The van der Waals surface area contributed by atoms with E-state index in [1.54, 1.807) is 0 Å². The fourth-order valence-corrected chi connectivity index (χ4v) is 2.73. The highest BCUT2D eigenvalue weighted by atomic mass is 16.5. The Hall–Kier alpha value is -2.75. The van der Waals surface area contributed by atoms with Crippen LogP contribution in [-0.2, 0) is 6.61 Å². The predicted molar refractivity (Wildman–Crippen MR) is 93.9 cm³/mol. The van der Waals surface area contributed by atoms with Crippen molar-refractivity contribution in [1.29, 1.82) is 0 Å². The molecule has 3 aromatic rings. The molecule has 0 aliphatic rings. The fraction of sp³-hybridized carbons (Fsp3) is 0.250. The van der Waals surface area contributed by atoms with E-state index >= 15 is 0 Å². The maximum atomic E-state index is 11.6. The number of benzene rings is 2. The van der Waals surface area contributed by atoms with Gasteiger partial charge < -0.3 is 13.9 Å². The number of ether oxygens (including phenoxy) is 2. The van der Waals surface area contributed by atoms with Gasteiger partial charge in [-0.2, -0.15) is 0 Å². The highest BCUT2D eigenvalue weighted by Gasteiger charge is 2.11. The summed E-state index contributed by atoms with van der Waals surface area (Å²) in [6.45, 7) is 6.75. The molecule has 2 aromatic carbocycles. The number of rotatable bonds is 5. The minimum atomic E-state index is -0.345. The van der Waals surface area contributed by atoms with Crippen molar-refractivity contribution in [2.45, 2.75) is 27.4 Å². The van der Waals surface area contributed by atoms with E-state index in [-0.39, 0.29) is 5.63 Å². The van der Waals surface area contributed by atoms with E-state index in [1.807, 2.05) is 57.2 Å². The molecule has 0 N–H and O–H groups in total. The Labute approximate surface area is 140 Å². The molecule has 1 aromatic heterocycles. The van der Waals surface area contributed by atoms with Crippen LogP contribution in [0.2, 0.25) is 0 Å². The molecule has 0 saturated heterocycles. The average Bonchev–Trinajstić information content (AvgIpc) is 2.56. The SMILES string of the molecule is CCOc1ccccc1COc1ccc2c(C)cc(=O)oc2c1C. The second-order valence-electron chi connectivity index (χ2n) is 5.64. The predicted octanol–water partition coefficient (Wildman–Crippen LogP) is 4.39. The molecule has 0 saturated carbocycles. The van der Waals surface area contributed by atoms with Crippen LogP contribution in [0.3, 0.4) is 0 Å². The Balaban J connectivity index is 1.91. The van der Waals surface area contributed by atoms with Crippen molar-refractivity contribution in [2.75, 3.05) is 6.61 Å². The van der Waals surface area contributed by atoms with Crippen molar-refractivity contribution >= 4 is 11.0 Å². The van der Waals surface area contributed by atoms with Crippen molar-refractivity contribution in [1.82, 2.24) is 0 Å². The second-order valence-corrected chi connectivity index (χ2v) is 5.64. The Morgan fingerprint density at radius 1 is 1.00 bits per heavy atom. The van der Waals surface area contributed by atoms with Gasteiger partial charge in [-0.3, -0.25) is 0 Å². The first-order valence-electron chi connectivity index (χ1n) is 7.97. The normalized spacial score (nSPS) is 10.8. The zero-order chi connectivity index (χ0) is 17.1. The summed E-state index contributed by atoms with van der Waals surface area (Å²) >= 11 is 0. The molecule has 1 heterocycles. The largest absolute Gasteiger partial charge is 0.493 e. The zero-order valence-electron chi connectivity index (χ0n) is 14.1. The highest BCUT2D eigenvalue weighted by molar-refractivity contribution is 5.84. The third kappa shape index (κ3) is 3.13. The number of hydrogen-bond acceptors (Lipinski definition) is 4. The Morgan fingerprint density at radius 2 is 1.79 bits per heavy atom. The minimum absolute atomic E-state index is 0.345. The zero-order valence-corrected chi connectivity index (χ0v) is 14.1. The summed E-state index contributed by atoms with van der Waals surface area (Å²) in [4.78, 5) is 11.6. The van der Waals surface area contributed by atoms with Crippen molar-refractivity contribution in [3.63, 3.8) is 0 Å². The maximum absolute atomic E-state index is 11.6. The first kappa shape index (κ1) is 16.1. The van der Waals surface area contributed by atoms with E-state index in [1.165, 1.54) is 6.07 Å². The number of aryl methyl sites for hydroxylation is 2. The van der Waals surface area contributed by atoms with Gasteiger partial charge in [-0.15, -0.1) is 0 Å². The molecule has 4 heteroatoms. The van der Waals surface area contributed by atoms with E-state index in [0.29, 0.717) is 24.5 Å². The van der Waals surface area contributed by atoms with E-state index in [0.717, 1.165) is 27.8 Å². The summed E-state index contributed by atoms with van der Waals surface area (Å²) in [5, 5.41) is 0.925. The van der Waals surface area contributed by atoms with Crippen LogP contribution < -0.4 is 15.1 Å². The van der Waals surface area contributed by atoms with Gasteiger partial charge in [0.1, 0.15) is 23.7 Å². The van der Waals surface area contributed by atoms with Crippen molar-refractivity contribution in [2.24, 2.45) is 0 Å². The lowest BCUT2D eigenvalue weighted by molar-refractivity contribution is 0.285. The third-order valence-corrected chi connectivity index (χ3v) is 3.97. The maximum Gasteiger partial charge on any atom is 0.336 e. The lowest BCUT2D eigenvalue weighted by Crippen LogP contribution is -2.03. The molecule has 0 bridgehead atoms. The summed E-state index contributed by atoms with van der Waals surface area (Å²) in [6, 6.07) is 13.1. The Morgan fingerprint density at radius 3 is 2.58 bits per heavy atom. The molecule has 3 rings (SSSR count). The van der Waals surface area contributed by atoms with Crippen LogP contribution in [0, 0.1) is 13.8 Å². The molecule has 124 valence electrons. The number of hydrogen-bond donors (Lipinski definition) is 0. The van der Waals surface area contributed by atoms with Crippen LogP contribution in [-0.4, -0.2) is 6.61 Å². The summed E-state index contributed by atoms with van der Waals surface area (Å²) in [5.74, 6) is 1.52. The summed E-state index contributed by atoms with van der Waals surface area (Å²) in [7, 11) is 0. The molecule has 0 fully saturated rings. The van der Waals surface area contributed by atoms with E-state index in [9.17, 15) is 4.79 Å². The van der Waals surface area contributed by atoms with Crippen LogP contribution in [0.25, 0.3) is 11.0 Å². The van der Waals surface area contributed by atoms with Gasteiger partial charge in [0.2, 0.25) is 0 Å². The van der Waals surface area contributed by atoms with Gasteiger partial charge in [0, 0.05) is 22.6 Å². The van der Waals surface area contributed by atoms with Gasteiger partial charge in [0.25, 0.3) is 0 Å². The molecule has 0 radical (unpaired) electrons. The van der Waals surface area contributed by atoms with Crippen molar-refractivity contribution in [3.8, 4) is 11.5 Å². The lowest BCUT2D eigenvalue weighted by Gasteiger charge is -2.13. The fourth-order valence-electron chi connectivity index (χ4n) is 2.73. The van der Waals surface area contributed by atoms with E-state index in [2.05, 4.69) is 0 Å². The Kier molecular flexibility index (Phi) is 4.56. The molecule has 0 atom stereocenters. The molecule has 24 heavy (non-hydrogen) atoms. The third-order valence-electron chi connectivity index (χ3n) is 3.97. The molecule has 0 aliphatic carbocycles. The molecular formula is C20H20O4. The van der Waals surface area contributed by atoms with Crippen LogP contribution in [0.15, 0.2) is 51.7 Å². The number of fused-ring (bicyclic) bond motifs is 1. The minimum Gasteiger partial charge on any atom is -0.493 e.